The quantitative estimate of drug-likeness (QED) is 0.203. The number of ether oxygens (including phenoxy) is 4. The summed E-state index contributed by atoms with van der Waals surface area (Å²) in [5.41, 5.74) is -0.555. The molecule has 0 amide bonds. The van der Waals surface area contributed by atoms with Gasteiger partial charge in [0, 0.05) is 24.5 Å². The van der Waals surface area contributed by atoms with Crippen LogP contribution in [0.3, 0.4) is 0 Å². The van der Waals surface area contributed by atoms with Crippen LogP contribution in [-0.2, 0) is 14.3 Å². The van der Waals surface area contributed by atoms with Crippen molar-refractivity contribution in [2.45, 2.75) is 48.8 Å². The van der Waals surface area contributed by atoms with Crippen molar-refractivity contribution in [2.24, 2.45) is 0 Å². The minimum absolute atomic E-state index is 0.0416. The number of carboxylic acid groups (broad SMARTS) is 1. The number of rotatable bonds is 8. The molecule has 4 atom stereocenters. The van der Waals surface area contributed by atoms with E-state index in [2.05, 4.69) is 0 Å². The number of aliphatic carboxylic acids is 1. The van der Waals surface area contributed by atoms with Crippen LogP contribution in [0.5, 0.6) is 23.0 Å². The summed E-state index contributed by atoms with van der Waals surface area (Å²) < 4.78 is 21.9. The normalized spacial score (nSPS) is 28.0. The monoisotopic (exact) mass is 546 g/mol. The van der Waals surface area contributed by atoms with E-state index in [1.165, 1.54) is 26.4 Å². The van der Waals surface area contributed by atoms with Gasteiger partial charge in [0.1, 0.15) is 6.10 Å². The maximum absolute atomic E-state index is 12.5. The van der Waals surface area contributed by atoms with Crippen molar-refractivity contribution >= 4 is 18.0 Å². The first-order valence-electron chi connectivity index (χ1n) is 12.1. The van der Waals surface area contributed by atoms with E-state index < -0.39 is 60.7 Å². The van der Waals surface area contributed by atoms with Gasteiger partial charge in [0.2, 0.25) is 0 Å². The number of aliphatic hydroxyl groups excluding tert-OH is 3. The van der Waals surface area contributed by atoms with Gasteiger partial charge in [-0.05, 0) is 41.5 Å². The molecule has 0 spiro atoms. The zero-order valence-corrected chi connectivity index (χ0v) is 21.2. The van der Waals surface area contributed by atoms with Crippen LogP contribution in [0, 0.1) is 0 Å². The van der Waals surface area contributed by atoms with Gasteiger partial charge in [0.15, 0.2) is 34.7 Å². The largest absolute Gasteiger partial charge is 0.504 e. The standard InChI is InChI=1S/C27H30O12/c1-36-20-9-14(4-5-17(20)29)23-16(12-28)15-7-13(8-21(37-2)24(15)39-23)3-6-22(32)38-25-18(30)10-27(35,26(33)34)11-19(25)31/h3-9,16,18-19,23,25,28-31,35H,10-12H2,1-2H3,(H,33,34). The lowest BCUT2D eigenvalue weighted by Gasteiger charge is -2.39. The van der Waals surface area contributed by atoms with Crippen LogP contribution in [0.15, 0.2) is 36.4 Å². The number of methoxy groups -OCH3 is 2. The predicted molar refractivity (Wildman–Crippen MR) is 134 cm³/mol. The summed E-state index contributed by atoms with van der Waals surface area (Å²) in [6.07, 6.45) is -3.98. The Bertz CT molecular complexity index is 1260. The number of aliphatic hydroxyl groups is 4. The lowest BCUT2D eigenvalue weighted by atomic mass is 9.79. The minimum atomic E-state index is -2.33. The van der Waals surface area contributed by atoms with E-state index in [0.29, 0.717) is 28.2 Å². The van der Waals surface area contributed by atoms with Gasteiger partial charge in [-0.25, -0.2) is 9.59 Å². The molecule has 0 saturated heterocycles. The minimum Gasteiger partial charge on any atom is -0.504 e. The Morgan fingerprint density at radius 2 is 1.74 bits per heavy atom. The highest BCUT2D eigenvalue weighted by atomic mass is 16.6. The molecule has 1 saturated carbocycles. The molecule has 2 aromatic rings. The maximum atomic E-state index is 12.5. The molecule has 0 aromatic heterocycles. The van der Waals surface area contributed by atoms with Crippen LogP contribution in [0.4, 0.5) is 0 Å². The fourth-order valence-corrected chi connectivity index (χ4v) is 4.97. The molecule has 12 nitrogen and oxygen atoms in total. The van der Waals surface area contributed by atoms with E-state index in [1.54, 1.807) is 24.3 Å². The molecule has 6 N–H and O–H groups in total. The zero-order chi connectivity index (χ0) is 28.5. The molecular weight excluding hydrogens is 516 g/mol. The van der Waals surface area contributed by atoms with Gasteiger partial charge in [-0.1, -0.05) is 6.07 Å². The molecule has 39 heavy (non-hydrogen) atoms. The van der Waals surface area contributed by atoms with Gasteiger partial charge >= 0.3 is 11.9 Å². The van der Waals surface area contributed by atoms with Crippen LogP contribution in [0.25, 0.3) is 6.08 Å². The second kappa shape index (κ2) is 11.1. The van der Waals surface area contributed by atoms with Crippen molar-refractivity contribution in [1.82, 2.24) is 0 Å². The number of carbonyl (C=O) groups excluding carboxylic acids is 1. The van der Waals surface area contributed by atoms with Crippen molar-refractivity contribution < 1.29 is 59.2 Å². The highest BCUT2D eigenvalue weighted by Gasteiger charge is 2.50. The molecule has 2 aliphatic rings. The molecule has 1 fully saturated rings. The van der Waals surface area contributed by atoms with Gasteiger partial charge in [-0.3, -0.25) is 0 Å². The highest BCUT2D eigenvalue weighted by molar-refractivity contribution is 5.87. The molecule has 4 rings (SSSR count). The summed E-state index contributed by atoms with van der Waals surface area (Å²) in [6, 6.07) is 8.05. The Labute approximate surface area is 223 Å². The number of fused-ring (bicyclic) bond motifs is 1. The van der Waals surface area contributed by atoms with E-state index in [9.17, 15) is 35.1 Å². The number of phenols is 1. The summed E-state index contributed by atoms with van der Waals surface area (Å²) in [6.45, 7) is -0.278. The number of hydrogen-bond acceptors (Lipinski definition) is 11. The van der Waals surface area contributed by atoms with Crippen molar-refractivity contribution in [1.29, 1.82) is 0 Å². The van der Waals surface area contributed by atoms with Crippen LogP contribution >= 0.6 is 0 Å². The van der Waals surface area contributed by atoms with Gasteiger partial charge in [-0.2, -0.15) is 0 Å². The number of carbonyl (C=O) groups is 2. The molecule has 1 heterocycles. The third-order valence-corrected chi connectivity index (χ3v) is 6.98. The fraction of sp³-hybridized carbons (Fsp3) is 0.407. The second-order valence-corrected chi connectivity index (χ2v) is 9.51. The zero-order valence-electron chi connectivity index (χ0n) is 21.2. The lowest BCUT2D eigenvalue weighted by Crippen LogP contribution is -2.57. The van der Waals surface area contributed by atoms with Gasteiger partial charge in [0.25, 0.3) is 0 Å². The van der Waals surface area contributed by atoms with Crippen molar-refractivity contribution in [3.8, 4) is 23.0 Å². The van der Waals surface area contributed by atoms with E-state index in [4.69, 9.17) is 24.1 Å². The van der Waals surface area contributed by atoms with Crippen molar-refractivity contribution in [3.63, 3.8) is 0 Å². The number of hydrogen-bond donors (Lipinski definition) is 6. The summed E-state index contributed by atoms with van der Waals surface area (Å²) in [5.74, 6) is -2.05. The molecule has 0 radical (unpaired) electrons. The van der Waals surface area contributed by atoms with E-state index in [0.717, 1.165) is 6.08 Å². The maximum Gasteiger partial charge on any atom is 0.335 e. The first-order chi connectivity index (χ1) is 18.5. The Morgan fingerprint density at radius 3 is 2.33 bits per heavy atom. The molecule has 1 aliphatic carbocycles. The fourth-order valence-electron chi connectivity index (χ4n) is 4.97. The van der Waals surface area contributed by atoms with Gasteiger partial charge in [-0.15, -0.1) is 0 Å². The molecule has 1 aliphatic heterocycles. The van der Waals surface area contributed by atoms with Gasteiger partial charge in [0.05, 0.1) is 39.0 Å². The predicted octanol–water partition coefficient (Wildman–Crippen LogP) is 0.875. The number of aromatic hydroxyl groups is 1. The summed E-state index contributed by atoms with van der Waals surface area (Å²) in [5, 5.41) is 59.7. The molecule has 210 valence electrons. The molecule has 0 bridgehead atoms. The first-order valence-corrected chi connectivity index (χ1v) is 12.1. The summed E-state index contributed by atoms with van der Waals surface area (Å²) >= 11 is 0. The number of benzene rings is 2. The second-order valence-electron chi connectivity index (χ2n) is 9.51. The van der Waals surface area contributed by atoms with E-state index in [-0.39, 0.29) is 18.1 Å². The van der Waals surface area contributed by atoms with Crippen LogP contribution in [-0.4, -0.2) is 87.3 Å². The first kappa shape index (κ1) is 28.2. The lowest BCUT2D eigenvalue weighted by molar-refractivity contribution is -0.196. The van der Waals surface area contributed by atoms with Crippen LogP contribution in [0.1, 0.15) is 41.6 Å². The molecule has 4 unspecified atom stereocenters. The SMILES string of the molecule is COc1cc(C2Oc3c(OC)cc(C=CC(=O)OC4C(O)CC(O)(C(=O)O)CC4O)cc3C2CO)ccc1O. The Morgan fingerprint density at radius 1 is 1.08 bits per heavy atom. The molecule has 2 aromatic carbocycles. The summed E-state index contributed by atoms with van der Waals surface area (Å²) in [7, 11) is 2.86. The van der Waals surface area contributed by atoms with Crippen molar-refractivity contribution in [3.05, 3.63) is 53.1 Å². The third kappa shape index (κ3) is 5.50. The van der Waals surface area contributed by atoms with E-state index >= 15 is 0 Å². The Hall–Kier alpha value is -3.84. The van der Waals surface area contributed by atoms with Crippen molar-refractivity contribution in [2.75, 3.05) is 20.8 Å². The summed E-state index contributed by atoms with van der Waals surface area (Å²) in [4.78, 5) is 23.7. The van der Waals surface area contributed by atoms with Crippen LogP contribution in [0.2, 0.25) is 0 Å². The number of esters is 1. The third-order valence-electron chi connectivity index (χ3n) is 6.98. The molecular formula is C27H30O12. The van der Waals surface area contributed by atoms with Crippen LogP contribution < -0.4 is 14.2 Å². The smallest absolute Gasteiger partial charge is 0.335 e. The van der Waals surface area contributed by atoms with Gasteiger partial charge < -0.3 is 49.6 Å². The number of carboxylic acids is 1. The number of phenolic OH excluding ortho intramolecular Hbond substituents is 1. The Balaban J connectivity index is 1.53. The molecule has 12 heteroatoms. The average molecular weight is 547 g/mol. The Kier molecular flexibility index (Phi) is 8.02. The van der Waals surface area contributed by atoms with E-state index in [1.807, 2.05) is 0 Å². The topological polar surface area (TPSA) is 192 Å². The highest BCUT2D eigenvalue weighted by Crippen LogP contribution is 2.51. The average Bonchev–Trinajstić information content (AvgIpc) is 3.27.